The van der Waals surface area contributed by atoms with E-state index in [1.165, 1.54) is 6.07 Å². The van der Waals surface area contributed by atoms with Gasteiger partial charge in [0.05, 0.1) is 13.2 Å². The Bertz CT molecular complexity index is 473. The highest BCUT2D eigenvalue weighted by Crippen LogP contribution is 2.20. The standard InChI is InChI=1S/C11H13ClFNO.C2H2O4/c12-10-2-1-3-11(13)9(10)8-14-4-6-15-7-5-14;3-1(4)2(5)6/h1-3H,4-8H2;(H,3,4)(H,5,6). The second-order valence-corrected chi connectivity index (χ2v) is 4.61. The third kappa shape index (κ3) is 6.07. The average molecular weight is 320 g/mol. The molecule has 2 N–H and O–H groups in total. The smallest absolute Gasteiger partial charge is 0.414 e. The maximum Gasteiger partial charge on any atom is 0.414 e. The number of aliphatic carboxylic acids is 2. The van der Waals surface area contributed by atoms with Crippen LogP contribution in [0.4, 0.5) is 4.39 Å². The number of rotatable bonds is 2. The van der Waals surface area contributed by atoms with E-state index in [1.54, 1.807) is 12.1 Å². The van der Waals surface area contributed by atoms with E-state index in [-0.39, 0.29) is 5.82 Å². The zero-order valence-corrected chi connectivity index (χ0v) is 11.8. The first-order valence-electron chi connectivity index (χ1n) is 6.11. The Morgan fingerprint density at radius 3 is 2.29 bits per heavy atom. The minimum atomic E-state index is -1.82. The lowest BCUT2D eigenvalue weighted by Crippen LogP contribution is -2.35. The summed E-state index contributed by atoms with van der Waals surface area (Å²) in [6.07, 6.45) is 0. The van der Waals surface area contributed by atoms with Crippen LogP contribution >= 0.6 is 11.6 Å². The molecule has 1 aliphatic rings. The number of nitrogens with zero attached hydrogens (tertiary/aromatic N) is 1. The van der Waals surface area contributed by atoms with Gasteiger partial charge in [-0.1, -0.05) is 17.7 Å². The van der Waals surface area contributed by atoms with Gasteiger partial charge in [-0.05, 0) is 12.1 Å². The summed E-state index contributed by atoms with van der Waals surface area (Å²) in [6.45, 7) is 3.67. The molecule has 0 aromatic heterocycles. The summed E-state index contributed by atoms with van der Waals surface area (Å²) in [5, 5.41) is 15.3. The van der Waals surface area contributed by atoms with Crippen LogP contribution in [0.25, 0.3) is 0 Å². The molecule has 21 heavy (non-hydrogen) atoms. The molecule has 8 heteroatoms. The van der Waals surface area contributed by atoms with Gasteiger partial charge in [0.25, 0.3) is 0 Å². The molecule has 1 aliphatic heterocycles. The summed E-state index contributed by atoms with van der Waals surface area (Å²) in [7, 11) is 0. The van der Waals surface area contributed by atoms with Crippen molar-refractivity contribution in [2.75, 3.05) is 26.3 Å². The molecule has 0 unspecified atom stereocenters. The summed E-state index contributed by atoms with van der Waals surface area (Å²) < 4.78 is 18.7. The Hall–Kier alpha value is -1.70. The molecule has 0 atom stereocenters. The average Bonchev–Trinajstić information content (AvgIpc) is 2.45. The second-order valence-electron chi connectivity index (χ2n) is 4.20. The highest BCUT2D eigenvalue weighted by molar-refractivity contribution is 6.31. The van der Waals surface area contributed by atoms with Crippen LogP contribution in [0.1, 0.15) is 5.56 Å². The number of hydrogen-bond acceptors (Lipinski definition) is 4. The fraction of sp³-hybridized carbons (Fsp3) is 0.385. The number of benzene rings is 1. The lowest BCUT2D eigenvalue weighted by atomic mass is 10.2. The summed E-state index contributed by atoms with van der Waals surface area (Å²) in [4.78, 5) is 20.3. The lowest BCUT2D eigenvalue weighted by molar-refractivity contribution is -0.159. The minimum Gasteiger partial charge on any atom is -0.473 e. The zero-order chi connectivity index (χ0) is 15.8. The van der Waals surface area contributed by atoms with Crippen LogP contribution in [0.3, 0.4) is 0 Å². The number of carboxylic acids is 2. The molecule has 1 fully saturated rings. The van der Waals surface area contributed by atoms with E-state index in [0.29, 0.717) is 30.3 Å². The van der Waals surface area contributed by atoms with Crippen molar-refractivity contribution in [1.29, 1.82) is 0 Å². The van der Waals surface area contributed by atoms with Crippen molar-refractivity contribution in [3.8, 4) is 0 Å². The van der Waals surface area contributed by atoms with Crippen LogP contribution in [0, 0.1) is 5.82 Å². The van der Waals surface area contributed by atoms with E-state index in [1.807, 2.05) is 0 Å². The van der Waals surface area contributed by atoms with Crippen molar-refractivity contribution in [3.63, 3.8) is 0 Å². The molecule has 0 saturated carbocycles. The highest BCUT2D eigenvalue weighted by Gasteiger charge is 2.14. The van der Waals surface area contributed by atoms with Crippen LogP contribution in [-0.4, -0.2) is 53.4 Å². The Labute approximate surface area is 125 Å². The Kier molecular flexibility index (Phi) is 7.07. The quantitative estimate of drug-likeness (QED) is 0.803. The molecule has 0 radical (unpaired) electrons. The van der Waals surface area contributed by atoms with Crippen molar-refractivity contribution >= 4 is 23.5 Å². The van der Waals surface area contributed by atoms with Crippen LogP contribution in [0.2, 0.25) is 5.02 Å². The molecule has 0 aliphatic carbocycles. The molecule has 0 amide bonds. The number of carboxylic acid groups (broad SMARTS) is 2. The van der Waals surface area contributed by atoms with Crippen LogP contribution in [0.15, 0.2) is 18.2 Å². The van der Waals surface area contributed by atoms with Gasteiger partial charge in [0, 0.05) is 30.2 Å². The Morgan fingerprint density at radius 1 is 1.24 bits per heavy atom. The molecule has 2 rings (SSSR count). The van der Waals surface area contributed by atoms with Crippen LogP contribution in [0.5, 0.6) is 0 Å². The molecule has 0 bridgehead atoms. The number of halogens is 2. The van der Waals surface area contributed by atoms with Gasteiger partial charge < -0.3 is 14.9 Å². The first-order chi connectivity index (χ1) is 9.91. The second kappa shape index (κ2) is 8.56. The predicted octanol–water partition coefficient (Wildman–Crippen LogP) is 1.47. The topological polar surface area (TPSA) is 87.1 Å². The van der Waals surface area contributed by atoms with Crippen molar-refractivity contribution in [1.82, 2.24) is 4.90 Å². The summed E-state index contributed by atoms with van der Waals surface area (Å²) >= 11 is 5.95. The molecule has 1 aromatic carbocycles. The van der Waals surface area contributed by atoms with E-state index in [9.17, 15) is 4.39 Å². The van der Waals surface area contributed by atoms with Gasteiger partial charge in [-0.15, -0.1) is 0 Å². The zero-order valence-electron chi connectivity index (χ0n) is 11.1. The monoisotopic (exact) mass is 319 g/mol. The van der Waals surface area contributed by atoms with Gasteiger partial charge in [-0.3, -0.25) is 4.90 Å². The molecule has 1 aromatic rings. The molecule has 1 heterocycles. The molecular weight excluding hydrogens is 305 g/mol. The third-order valence-electron chi connectivity index (χ3n) is 2.73. The van der Waals surface area contributed by atoms with E-state index in [4.69, 9.17) is 36.1 Å². The Balaban J connectivity index is 0.000000315. The van der Waals surface area contributed by atoms with E-state index in [0.717, 1.165) is 13.1 Å². The molecule has 0 spiro atoms. The van der Waals surface area contributed by atoms with Gasteiger partial charge in [0.2, 0.25) is 0 Å². The highest BCUT2D eigenvalue weighted by atomic mass is 35.5. The Morgan fingerprint density at radius 2 is 1.81 bits per heavy atom. The van der Waals surface area contributed by atoms with Crippen LogP contribution in [-0.2, 0) is 20.9 Å². The fourth-order valence-corrected chi connectivity index (χ4v) is 1.89. The number of hydrogen-bond donors (Lipinski definition) is 2. The molecular formula is C13H15ClFNO5. The van der Waals surface area contributed by atoms with Crippen LogP contribution < -0.4 is 0 Å². The predicted molar refractivity (Wildman–Crippen MR) is 72.8 cm³/mol. The van der Waals surface area contributed by atoms with E-state index in [2.05, 4.69) is 4.90 Å². The van der Waals surface area contributed by atoms with Crippen molar-refractivity contribution in [3.05, 3.63) is 34.6 Å². The van der Waals surface area contributed by atoms with E-state index < -0.39 is 11.9 Å². The maximum absolute atomic E-state index is 13.5. The van der Waals surface area contributed by atoms with Crippen molar-refractivity contribution in [2.45, 2.75) is 6.54 Å². The minimum absolute atomic E-state index is 0.228. The fourth-order valence-electron chi connectivity index (χ4n) is 1.67. The number of carbonyl (C=O) groups is 2. The molecule has 1 saturated heterocycles. The molecule has 6 nitrogen and oxygen atoms in total. The summed E-state index contributed by atoms with van der Waals surface area (Å²) in [5.41, 5.74) is 0.584. The van der Waals surface area contributed by atoms with Gasteiger partial charge in [-0.2, -0.15) is 0 Å². The molecule has 116 valence electrons. The normalized spacial score (nSPS) is 15.0. The van der Waals surface area contributed by atoms with Gasteiger partial charge in [0.1, 0.15) is 5.82 Å². The first-order valence-corrected chi connectivity index (χ1v) is 6.48. The van der Waals surface area contributed by atoms with Gasteiger partial charge in [0.15, 0.2) is 0 Å². The maximum atomic E-state index is 13.5. The first kappa shape index (κ1) is 17.4. The van der Waals surface area contributed by atoms with E-state index >= 15 is 0 Å². The summed E-state index contributed by atoms with van der Waals surface area (Å²) in [5.74, 6) is -3.88. The third-order valence-corrected chi connectivity index (χ3v) is 3.08. The summed E-state index contributed by atoms with van der Waals surface area (Å²) in [6, 6.07) is 4.79. The van der Waals surface area contributed by atoms with Gasteiger partial charge in [-0.25, -0.2) is 14.0 Å². The van der Waals surface area contributed by atoms with Crippen molar-refractivity contribution in [2.24, 2.45) is 0 Å². The SMILES string of the molecule is Fc1cccc(Cl)c1CN1CCOCC1.O=C(O)C(=O)O. The van der Waals surface area contributed by atoms with Crippen molar-refractivity contribution < 1.29 is 28.9 Å². The van der Waals surface area contributed by atoms with Gasteiger partial charge >= 0.3 is 11.9 Å². The number of ether oxygens (including phenoxy) is 1. The largest absolute Gasteiger partial charge is 0.473 e. The number of morpholine rings is 1. The lowest BCUT2D eigenvalue weighted by Gasteiger charge is -2.26.